The van der Waals surface area contributed by atoms with E-state index in [-0.39, 0.29) is 30.0 Å². The van der Waals surface area contributed by atoms with Gasteiger partial charge >= 0.3 is 6.09 Å². The number of rotatable bonds is 3. The maximum atomic E-state index is 13.9. The summed E-state index contributed by atoms with van der Waals surface area (Å²) < 4.78 is 32.0. The molecule has 1 amide bonds. The molecule has 0 aliphatic carbocycles. The zero-order valence-corrected chi connectivity index (χ0v) is 12.7. The highest BCUT2D eigenvalue weighted by atomic mass is 19.1. The van der Waals surface area contributed by atoms with Crippen molar-refractivity contribution in [3.05, 3.63) is 57.6 Å². The first kappa shape index (κ1) is 16.2. The first-order valence-electron chi connectivity index (χ1n) is 7.56. The van der Waals surface area contributed by atoms with Crippen molar-refractivity contribution in [2.24, 2.45) is 0 Å². The van der Waals surface area contributed by atoms with Crippen LogP contribution in [0.3, 0.4) is 0 Å². The van der Waals surface area contributed by atoms with Crippen LogP contribution in [0.25, 0.3) is 0 Å². The maximum absolute atomic E-state index is 13.9. The molecular formula is C16H16F2N2O4. The molecule has 1 fully saturated rings. The summed E-state index contributed by atoms with van der Waals surface area (Å²) in [5.41, 5.74) is -0.101. The molecule has 24 heavy (non-hydrogen) atoms. The summed E-state index contributed by atoms with van der Waals surface area (Å²) in [7, 11) is 0. The molecule has 0 spiro atoms. The van der Waals surface area contributed by atoms with E-state index in [9.17, 15) is 23.5 Å². The summed E-state index contributed by atoms with van der Waals surface area (Å²) in [5, 5.41) is 11.6. The predicted molar refractivity (Wildman–Crippen MR) is 79.9 cm³/mol. The molecule has 0 unspecified atom stereocenters. The molecular weight excluding hydrogens is 322 g/mol. The molecule has 0 radical (unpaired) electrons. The molecule has 0 saturated carbocycles. The molecule has 2 heterocycles. The Kier molecular flexibility index (Phi) is 4.37. The second-order valence-corrected chi connectivity index (χ2v) is 5.91. The second kappa shape index (κ2) is 6.46. The smallest absolute Gasteiger partial charge is 0.407 e. The molecule has 1 aromatic heterocycles. The summed E-state index contributed by atoms with van der Waals surface area (Å²) in [6.07, 6.45) is -0.0559. The van der Waals surface area contributed by atoms with E-state index in [1.54, 1.807) is 0 Å². The second-order valence-electron chi connectivity index (χ2n) is 5.91. The van der Waals surface area contributed by atoms with Crippen molar-refractivity contribution in [1.29, 1.82) is 0 Å². The van der Waals surface area contributed by atoms with Gasteiger partial charge in [-0.25, -0.2) is 13.6 Å². The van der Waals surface area contributed by atoms with Gasteiger partial charge < -0.3 is 14.5 Å². The Morgan fingerprint density at radius 2 is 2.17 bits per heavy atom. The number of nitrogens with one attached hydrogen (secondary N) is 1. The molecule has 2 N–H and O–H groups in total. The fourth-order valence-corrected chi connectivity index (χ4v) is 3.19. The van der Waals surface area contributed by atoms with E-state index in [0.29, 0.717) is 18.6 Å². The number of halogens is 2. The Balaban J connectivity index is 1.82. The van der Waals surface area contributed by atoms with Gasteiger partial charge in [-0.3, -0.25) is 4.79 Å². The number of aromatic amines is 1. The zero-order chi connectivity index (χ0) is 17.3. The first-order chi connectivity index (χ1) is 11.4. The van der Waals surface area contributed by atoms with Crippen molar-refractivity contribution in [3.8, 4) is 0 Å². The van der Waals surface area contributed by atoms with E-state index in [2.05, 4.69) is 5.16 Å². The Bertz CT molecular complexity index is 801. The molecule has 8 heteroatoms. The summed E-state index contributed by atoms with van der Waals surface area (Å²) >= 11 is 0. The van der Waals surface area contributed by atoms with Crippen molar-refractivity contribution >= 4 is 6.09 Å². The third-order valence-electron chi connectivity index (χ3n) is 4.38. The number of H-pyrrole nitrogens is 1. The minimum atomic E-state index is -1.09. The lowest BCUT2D eigenvalue weighted by Crippen LogP contribution is -2.46. The topological polar surface area (TPSA) is 86.5 Å². The van der Waals surface area contributed by atoms with Crippen molar-refractivity contribution in [2.45, 2.75) is 31.2 Å². The number of benzene rings is 1. The van der Waals surface area contributed by atoms with Gasteiger partial charge in [-0.05, 0) is 30.9 Å². The van der Waals surface area contributed by atoms with Crippen molar-refractivity contribution in [1.82, 2.24) is 10.1 Å². The number of carbonyl (C=O) groups is 1. The van der Waals surface area contributed by atoms with Crippen LogP contribution in [0.4, 0.5) is 13.6 Å². The highest BCUT2D eigenvalue weighted by Gasteiger charge is 2.34. The van der Waals surface area contributed by atoms with E-state index in [0.717, 1.165) is 12.1 Å². The third-order valence-corrected chi connectivity index (χ3v) is 4.38. The van der Waals surface area contributed by atoms with Gasteiger partial charge in [-0.2, -0.15) is 5.16 Å². The molecule has 2 atom stereocenters. The van der Waals surface area contributed by atoms with Gasteiger partial charge in [0.1, 0.15) is 17.4 Å². The Labute approximate surface area is 135 Å². The zero-order valence-electron chi connectivity index (χ0n) is 12.7. The minimum absolute atomic E-state index is 0.129. The van der Waals surface area contributed by atoms with Crippen LogP contribution in [0.1, 0.15) is 30.1 Å². The van der Waals surface area contributed by atoms with Crippen LogP contribution in [0, 0.1) is 11.6 Å². The molecule has 1 saturated heterocycles. The molecule has 3 rings (SSSR count). The van der Waals surface area contributed by atoms with Gasteiger partial charge in [0.05, 0.1) is 0 Å². The Hall–Kier alpha value is -2.64. The SMILES string of the molecule is O=C(O)N1CC[C@@H](c2cc(=O)[nH]o2)C[C@H]1Cc1ccc(F)cc1F. The fourth-order valence-electron chi connectivity index (χ4n) is 3.19. The van der Waals surface area contributed by atoms with Crippen LogP contribution in [0.5, 0.6) is 0 Å². The van der Waals surface area contributed by atoms with Crippen LogP contribution in [0.2, 0.25) is 0 Å². The van der Waals surface area contributed by atoms with Crippen molar-refractivity contribution < 1.29 is 23.2 Å². The molecule has 1 aliphatic rings. The van der Waals surface area contributed by atoms with E-state index < -0.39 is 23.8 Å². The average molecular weight is 338 g/mol. The highest BCUT2D eigenvalue weighted by Crippen LogP contribution is 2.32. The Morgan fingerprint density at radius 3 is 2.79 bits per heavy atom. The highest BCUT2D eigenvalue weighted by molar-refractivity contribution is 5.65. The van der Waals surface area contributed by atoms with Crippen LogP contribution in [0.15, 0.2) is 33.6 Å². The van der Waals surface area contributed by atoms with Crippen molar-refractivity contribution in [2.75, 3.05) is 6.54 Å². The predicted octanol–water partition coefficient (Wildman–Crippen LogP) is 2.71. The molecule has 0 bridgehead atoms. The lowest BCUT2D eigenvalue weighted by Gasteiger charge is -2.37. The number of nitrogens with zero attached hydrogens (tertiary/aromatic N) is 1. The average Bonchev–Trinajstić information content (AvgIpc) is 2.96. The summed E-state index contributed by atoms with van der Waals surface area (Å²) in [4.78, 5) is 23.9. The summed E-state index contributed by atoms with van der Waals surface area (Å²) in [6.45, 7) is 0.252. The fraction of sp³-hybridized carbons (Fsp3) is 0.375. The summed E-state index contributed by atoms with van der Waals surface area (Å²) in [5.74, 6) is -1.04. The van der Waals surface area contributed by atoms with Crippen LogP contribution in [-0.4, -0.2) is 33.8 Å². The normalized spacial score (nSPS) is 21.0. The monoisotopic (exact) mass is 338 g/mol. The summed E-state index contributed by atoms with van der Waals surface area (Å²) in [6, 6.07) is 4.11. The molecule has 2 aromatic rings. The molecule has 1 aromatic carbocycles. The molecule has 128 valence electrons. The minimum Gasteiger partial charge on any atom is -0.465 e. The number of likely N-dealkylation sites (tertiary alicyclic amines) is 1. The van der Waals surface area contributed by atoms with E-state index in [4.69, 9.17) is 4.52 Å². The van der Waals surface area contributed by atoms with Crippen LogP contribution in [-0.2, 0) is 6.42 Å². The van der Waals surface area contributed by atoms with E-state index in [1.807, 2.05) is 0 Å². The van der Waals surface area contributed by atoms with Gasteiger partial charge in [-0.1, -0.05) is 6.07 Å². The number of piperidine rings is 1. The van der Waals surface area contributed by atoms with Crippen LogP contribution >= 0.6 is 0 Å². The van der Waals surface area contributed by atoms with Gasteiger partial charge in [-0.15, -0.1) is 0 Å². The standard InChI is InChI=1S/C16H16F2N2O4/c17-11-2-1-9(13(18)7-11)5-12-6-10(3-4-20(12)16(22)23)14-8-15(21)19-24-14/h1-2,7-8,10,12H,3-6H2,(H,19,21)(H,22,23)/t10-,12-/m1/s1. The van der Waals surface area contributed by atoms with Crippen LogP contribution < -0.4 is 5.56 Å². The first-order valence-corrected chi connectivity index (χ1v) is 7.56. The lowest BCUT2D eigenvalue weighted by molar-refractivity contribution is 0.0965. The molecule has 1 aliphatic heterocycles. The quantitative estimate of drug-likeness (QED) is 0.901. The number of hydrogen-bond donors (Lipinski definition) is 2. The van der Waals surface area contributed by atoms with Gasteiger partial charge in [0.25, 0.3) is 5.56 Å². The molecule has 6 nitrogen and oxygen atoms in total. The number of aromatic nitrogens is 1. The number of carboxylic acid groups (broad SMARTS) is 1. The lowest BCUT2D eigenvalue weighted by atomic mass is 9.86. The largest absolute Gasteiger partial charge is 0.465 e. The number of hydrogen-bond acceptors (Lipinski definition) is 3. The van der Waals surface area contributed by atoms with Gasteiger partial charge in [0.2, 0.25) is 0 Å². The van der Waals surface area contributed by atoms with Gasteiger partial charge in [0.15, 0.2) is 0 Å². The maximum Gasteiger partial charge on any atom is 0.407 e. The number of amides is 1. The van der Waals surface area contributed by atoms with E-state index in [1.165, 1.54) is 17.0 Å². The van der Waals surface area contributed by atoms with Crippen molar-refractivity contribution in [3.63, 3.8) is 0 Å². The Morgan fingerprint density at radius 1 is 1.38 bits per heavy atom. The third kappa shape index (κ3) is 3.32. The van der Waals surface area contributed by atoms with Gasteiger partial charge in [0, 0.05) is 30.6 Å². The van der Waals surface area contributed by atoms with E-state index >= 15 is 0 Å².